The zero-order valence-electron chi connectivity index (χ0n) is 15.9. The molecule has 0 aromatic heterocycles. The monoisotopic (exact) mass is 379 g/mol. The van der Waals surface area contributed by atoms with Crippen molar-refractivity contribution in [1.29, 1.82) is 0 Å². The van der Waals surface area contributed by atoms with E-state index in [2.05, 4.69) is 18.7 Å². The van der Waals surface area contributed by atoms with Gasteiger partial charge >= 0.3 is 0 Å². The first-order valence-electron chi connectivity index (χ1n) is 9.42. The van der Waals surface area contributed by atoms with Crippen molar-refractivity contribution >= 4 is 21.6 Å². The molecule has 0 unspecified atom stereocenters. The van der Waals surface area contributed by atoms with Crippen molar-refractivity contribution in [2.45, 2.75) is 38.5 Å². The van der Waals surface area contributed by atoms with Crippen molar-refractivity contribution in [3.8, 4) is 0 Å². The first-order chi connectivity index (χ1) is 12.3. The van der Waals surface area contributed by atoms with Crippen LogP contribution in [0.15, 0.2) is 23.1 Å². The summed E-state index contributed by atoms with van der Waals surface area (Å²) in [6.07, 6.45) is 1.85. The average Bonchev–Trinajstić information content (AvgIpc) is 3.03. The number of hydrogen-bond acceptors (Lipinski definition) is 4. The second kappa shape index (κ2) is 7.66. The van der Waals surface area contributed by atoms with Crippen molar-refractivity contribution < 1.29 is 13.2 Å². The predicted octanol–water partition coefficient (Wildman–Crippen LogP) is 1.95. The molecular formula is C19H29N3O3S. The fourth-order valence-electron chi connectivity index (χ4n) is 3.65. The molecule has 6 nitrogen and oxygen atoms in total. The lowest BCUT2D eigenvalue weighted by Gasteiger charge is -2.34. The van der Waals surface area contributed by atoms with Gasteiger partial charge in [-0.3, -0.25) is 4.79 Å². The van der Waals surface area contributed by atoms with Crippen LogP contribution < -0.4 is 4.90 Å². The van der Waals surface area contributed by atoms with Gasteiger partial charge in [-0.2, -0.15) is 4.31 Å². The van der Waals surface area contributed by atoms with Gasteiger partial charge in [-0.15, -0.1) is 0 Å². The maximum absolute atomic E-state index is 13.0. The summed E-state index contributed by atoms with van der Waals surface area (Å²) in [7, 11) is -3.47. The second-order valence-corrected chi connectivity index (χ2v) is 9.58. The highest BCUT2D eigenvalue weighted by molar-refractivity contribution is 7.89. The summed E-state index contributed by atoms with van der Waals surface area (Å²) in [6, 6.07) is 5.16. The summed E-state index contributed by atoms with van der Waals surface area (Å²) < 4.78 is 27.6. The number of rotatable bonds is 5. The summed E-state index contributed by atoms with van der Waals surface area (Å²) in [5.41, 5.74) is 1.78. The molecule has 2 aliphatic heterocycles. The van der Waals surface area contributed by atoms with Crippen molar-refractivity contribution in [2.24, 2.45) is 5.92 Å². The highest BCUT2D eigenvalue weighted by Gasteiger charge is 2.30. The summed E-state index contributed by atoms with van der Waals surface area (Å²) in [6.45, 7) is 10.3. The second-order valence-electron chi connectivity index (χ2n) is 7.64. The van der Waals surface area contributed by atoms with Gasteiger partial charge in [0, 0.05) is 45.3 Å². The Morgan fingerprint density at radius 1 is 1.12 bits per heavy atom. The number of carbonyl (C=O) groups is 1. The molecule has 0 radical (unpaired) electrons. The zero-order valence-corrected chi connectivity index (χ0v) is 16.8. The standard InChI is InChI=1S/C19H29N3O3S/c1-15(2)6-8-20-10-12-21(13-11-20)26(24,25)18-4-5-19-17(14-18)7-9-22(19)16(3)23/h4-5,14-15H,6-13H2,1-3H3. The van der Waals surface area contributed by atoms with Crippen LogP contribution in [-0.4, -0.2) is 62.8 Å². The Bertz CT molecular complexity index is 768. The third-order valence-corrected chi connectivity index (χ3v) is 7.21. The number of fused-ring (bicyclic) bond motifs is 1. The molecular weight excluding hydrogens is 350 g/mol. The van der Waals surface area contributed by atoms with Crippen LogP contribution in [0.5, 0.6) is 0 Å². The van der Waals surface area contributed by atoms with Crippen LogP contribution in [-0.2, 0) is 21.2 Å². The van der Waals surface area contributed by atoms with E-state index in [-0.39, 0.29) is 5.91 Å². The van der Waals surface area contributed by atoms with Gasteiger partial charge in [0.2, 0.25) is 15.9 Å². The Hall–Kier alpha value is -1.44. The van der Waals surface area contributed by atoms with Crippen molar-refractivity contribution in [3.63, 3.8) is 0 Å². The van der Waals surface area contributed by atoms with Gasteiger partial charge in [-0.1, -0.05) is 13.8 Å². The van der Waals surface area contributed by atoms with Gasteiger partial charge in [0.25, 0.3) is 0 Å². The first-order valence-corrected chi connectivity index (χ1v) is 10.9. The van der Waals surface area contributed by atoms with E-state index in [1.807, 2.05) is 0 Å². The van der Waals surface area contributed by atoms with Gasteiger partial charge in [0.15, 0.2) is 0 Å². The van der Waals surface area contributed by atoms with Crippen LogP contribution in [0.4, 0.5) is 5.69 Å². The van der Waals surface area contributed by atoms with Crippen LogP contribution in [0.1, 0.15) is 32.8 Å². The summed E-state index contributed by atoms with van der Waals surface area (Å²) in [5.74, 6) is 0.662. The summed E-state index contributed by atoms with van der Waals surface area (Å²) in [4.78, 5) is 16.1. The number of benzene rings is 1. The Balaban J connectivity index is 1.69. The lowest BCUT2D eigenvalue weighted by molar-refractivity contribution is -0.116. The van der Waals surface area contributed by atoms with Gasteiger partial charge in [-0.25, -0.2) is 8.42 Å². The van der Waals surface area contributed by atoms with Crippen LogP contribution in [0.25, 0.3) is 0 Å². The van der Waals surface area contributed by atoms with E-state index in [9.17, 15) is 13.2 Å². The fourth-order valence-corrected chi connectivity index (χ4v) is 5.12. The lowest BCUT2D eigenvalue weighted by Crippen LogP contribution is -2.48. The van der Waals surface area contributed by atoms with E-state index in [1.165, 1.54) is 0 Å². The largest absolute Gasteiger partial charge is 0.312 e. The molecule has 0 N–H and O–H groups in total. The SMILES string of the molecule is CC(=O)N1CCc2cc(S(=O)(=O)N3CCN(CCC(C)C)CC3)ccc21. The first kappa shape index (κ1) is 19.3. The maximum atomic E-state index is 13.0. The molecule has 1 fully saturated rings. The predicted molar refractivity (Wildman–Crippen MR) is 103 cm³/mol. The quantitative estimate of drug-likeness (QED) is 0.785. The number of hydrogen-bond donors (Lipinski definition) is 0. The third kappa shape index (κ3) is 3.94. The van der Waals surface area contributed by atoms with E-state index >= 15 is 0 Å². The Kier molecular flexibility index (Phi) is 5.69. The molecule has 144 valence electrons. The van der Waals surface area contributed by atoms with Gasteiger partial charge in [0.05, 0.1) is 4.90 Å². The molecule has 1 aromatic carbocycles. The third-order valence-electron chi connectivity index (χ3n) is 5.32. The Labute approximate surface area is 156 Å². The van der Waals surface area contributed by atoms with Crippen LogP contribution in [0.2, 0.25) is 0 Å². The van der Waals surface area contributed by atoms with E-state index in [0.29, 0.717) is 36.9 Å². The van der Waals surface area contributed by atoms with Crippen LogP contribution in [0, 0.1) is 5.92 Å². The number of nitrogens with zero attached hydrogens (tertiary/aromatic N) is 3. The Morgan fingerprint density at radius 3 is 2.42 bits per heavy atom. The normalized spacial score (nSPS) is 19.2. The summed E-state index contributed by atoms with van der Waals surface area (Å²) in [5, 5.41) is 0. The van der Waals surface area contributed by atoms with Crippen molar-refractivity contribution in [2.75, 3.05) is 44.2 Å². The number of carbonyl (C=O) groups excluding carboxylic acids is 1. The molecule has 0 atom stereocenters. The summed E-state index contributed by atoms with van der Waals surface area (Å²) >= 11 is 0. The highest BCUT2D eigenvalue weighted by Crippen LogP contribution is 2.31. The fraction of sp³-hybridized carbons (Fsp3) is 0.632. The maximum Gasteiger partial charge on any atom is 0.243 e. The van der Waals surface area contributed by atoms with Crippen molar-refractivity contribution in [1.82, 2.24) is 9.21 Å². The molecule has 1 aromatic rings. The van der Waals surface area contributed by atoms with E-state index < -0.39 is 10.0 Å². The lowest BCUT2D eigenvalue weighted by atomic mass is 10.1. The number of anilines is 1. The molecule has 26 heavy (non-hydrogen) atoms. The zero-order chi connectivity index (χ0) is 18.9. The molecule has 7 heteroatoms. The van der Waals surface area contributed by atoms with E-state index in [4.69, 9.17) is 0 Å². The van der Waals surface area contributed by atoms with Crippen LogP contribution >= 0.6 is 0 Å². The highest BCUT2D eigenvalue weighted by atomic mass is 32.2. The molecule has 2 heterocycles. The molecule has 0 saturated carbocycles. The van der Waals surface area contributed by atoms with Crippen molar-refractivity contribution in [3.05, 3.63) is 23.8 Å². The van der Waals surface area contributed by atoms with Crippen LogP contribution in [0.3, 0.4) is 0 Å². The molecule has 0 spiro atoms. The van der Waals surface area contributed by atoms with Gasteiger partial charge in [0.1, 0.15) is 0 Å². The van der Waals surface area contributed by atoms with E-state index in [0.717, 1.165) is 37.3 Å². The Morgan fingerprint density at radius 2 is 1.81 bits per heavy atom. The molecule has 1 amide bonds. The number of piperazine rings is 1. The number of sulfonamides is 1. The molecule has 1 saturated heterocycles. The minimum Gasteiger partial charge on any atom is -0.312 e. The minimum atomic E-state index is -3.47. The smallest absolute Gasteiger partial charge is 0.243 e. The molecule has 2 aliphatic rings. The van der Waals surface area contributed by atoms with Gasteiger partial charge < -0.3 is 9.80 Å². The molecule has 0 bridgehead atoms. The minimum absolute atomic E-state index is 0.00289. The number of amides is 1. The average molecular weight is 380 g/mol. The molecule has 0 aliphatic carbocycles. The topological polar surface area (TPSA) is 60.9 Å². The van der Waals surface area contributed by atoms with E-state index in [1.54, 1.807) is 34.3 Å². The molecule has 3 rings (SSSR count). The van der Waals surface area contributed by atoms with Gasteiger partial charge in [-0.05, 0) is 49.1 Å².